The van der Waals surface area contributed by atoms with Gasteiger partial charge in [0.15, 0.2) is 0 Å². The van der Waals surface area contributed by atoms with Crippen molar-refractivity contribution < 1.29 is 14.3 Å². The molecule has 3 aromatic carbocycles. The number of hydrogen-bond donors (Lipinski definition) is 0. The van der Waals surface area contributed by atoms with Crippen molar-refractivity contribution in [1.29, 1.82) is 0 Å². The summed E-state index contributed by atoms with van der Waals surface area (Å²) < 4.78 is 5.16. The second-order valence-corrected chi connectivity index (χ2v) is 7.34. The van der Waals surface area contributed by atoms with Crippen molar-refractivity contribution in [3.8, 4) is 5.75 Å². The Bertz CT molecular complexity index is 1240. The molecule has 0 unspecified atom stereocenters. The second kappa shape index (κ2) is 8.03. The number of fused-ring (bicyclic) bond motifs is 2. The summed E-state index contributed by atoms with van der Waals surface area (Å²) >= 11 is 6.29. The van der Waals surface area contributed by atoms with Crippen molar-refractivity contribution in [1.82, 2.24) is 0 Å². The highest BCUT2D eigenvalue weighted by molar-refractivity contribution is 6.31. The third kappa shape index (κ3) is 3.79. The number of anilines is 1. The molecule has 0 bridgehead atoms. The molecule has 148 valence electrons. The van der Waals surface area contributed by atoms with E-state index in [1.54, 1.807) is 42.3 Å². The summed E-state index contributed by atoms with van der Waals surface area (Å²) in [4.78, 5) is 25.9. The predicted molar refractivity (Wildman–Crippen MR) is 119 cm³/mol. The first kappa shape index (κ1) is 19.7. The van der Waals surface area contributed by atoms with Crippen LogP contribution in [-0.4, -0.2) is 18.9 Å². The number of nitrogens with zero attached hydrogens (tertiary/aromatic N) is 1. The second-order valence-electron chi connectivity index (χ2n) is 6.90. The van der Waals surface area contributed by atoms with Gasteiger partial charge in [-0.1, -0.05) is 41.9 Å². The van der Waals surface area contributed by atoms with Crippen LogP contribution >= 0.6 is 11.6 Å². The Labute approximate surface area is 179 Å². The standard InChI is InChI=1S/C25H18ClNO3/c1-16(28)30-19-7-5-6-17(14-19)10-12-21-20-8-3-4-9-22(20)25(29)27(2)24-13-11-18(26)15-23(21)24/h3-11,13-15H,1-2H3. The van der Waals surface area contributed by atoms with Gasteiger partial charge in [0.25, 0.3) is 5.91 Å². The molecule has 3 aromatic rings. The molecule has 0 saturated carbocycles. The van der Waals surface area contributed by atoms with Gasteiger partial charge in [-0.05, 0) is 48.0 Å². The maximum atomic E-state index is 13.0. The van der Waals surface area contributed by atoms with E-state index in [0.717, 1.165) is 28.0 Å². The fraction of sp³-hybridized carbons (Fsp3) is 0.0800. The Kier molecular flexibility index (Phi) is 5.28. The first-order valence-corrected chi connectivity index (χ1v) is 9.74. The van der Waals surface area contributed by atoms with Crippen molar-refractivity contribution >= 4 is 40.8 Å². The zero-order valence-electron chi connectivity index (χ0n) is 16.5. The largest absolute Gasteiger partial charge is 0.427 e. The SMILES string of the molecule is CC(=O)Oc1cccc(C=C=C2c3ccccc3C(=O)N(C)c3ccc(Cl)cc32)c1. The summed E-state index contributed by atoms with van der Waals surface area (Å²) in [5, 5.41) is 0.574. The van der Waals surface area contributed by atoms with E-state index in [1.165, 1.54) is 6.92 Å². The number of rotatable bonds is 2. The van der Waals surface area contributed by atoms with Crippen LogP contribution in [0.3, 0.4) is 0 Å². The molecule has 1 aliphatic heterocycles. The van der Waals surface area contributed by atoms with Crippen molar-refractivity contribution in [2.24, 2.45) is 0 Å². The fourth-order valence-electron chi connectivity index (χ4n) is 3.47. The highest BCUT2D eigenvalue weighted by atomic mass is 35.5. The maximum Gasteiger partial charge on any atom is 0.308 e. The minimum Gasteiger partial charge on any atom is -0.427 e. The van der Waals surface area contributed by atoms with E-state index in [9.17, 15) is 9.59 Å². The average Bonchev–Trinajstić information content (AvgIpc) is 2.81. The van der Waals surface area contributed by atoms with Crippen molar-refractivity contribution in [2.45, 2.75) is 6.92 Å². The Morgan fingerprint density at radius 3 is 2.53 bits per heavy atom. The Balaban J connectivity index is 1.95. The molecule has 4 nitrogen and oxygen atoms in total. The quantitative estimate of drug-likeness (QED) is 0.311. The van der Waals surface area contributed by atoms with Gasteiger partial charge in [0.2, 0.25) is 0 Å². The lowest BCUT2D eigenvalue weighted by Gasteiger charge is -2.17. The number of halogens is 1. The van der Waals surface area contributed by atoms with E-state index >= 15 is 0 Å². The molecule has 0 N–H and O–H groups in total. The lowest BCUT2D eigenvalue weighted by atomic mass is 9.94. The van der Waals surface area contributed by atoms with E-state index < -0.39 is 0 Å². The monoisotopic (exact) mass is 415 g/mol. The summed E-state index contributed by atoms with van der Waals surface area (Å²) in [6.45, 7) is 1.36. The van der Waals surface area contributed by atoms with E-state index in [0.29, 0.717) is 16.3 Å². The number of carbonyl (C=O) groups excluding carboxylic acids is 2. The van der Waals surface area contributed by atoms with Crippen LogP contribution in [0.15, 0.2) is 72.5 Å². The first-order chi connectivity index (χ1) is 14.4. The van der Waals surface area contributed by atoms with Crippen LogP contribution in [0.4, 0.5) is 5.69 Å². The van der Waals surface area contributed by atoms with E-state index in [2.05, 4.69) is 5.73 Å². The predicted octanol–water partition coefficient (Wildman–Crippen LogP) is 5.60. The summed E-state index contributed by atoms with van der Waals surface area (Å²) in [6.07, 6.45) is 1.81. The van der Waals surface area contributed by atoms with Crippen molar-refractivity contribution in [3.05, 3.63) is 99.7 Å². The van der Waals surface area contributed by atoms with Gasteiger partial charge in [-0.15, -0.1) is 5.73 Å². The van der Waals surface area contributed by atoms with Gasteiger partial charge in [-0.2, -0.15) is 0 Å². The molecule has 0 radical (unpaired) electrons. The Morgan fingerprint density at radius 2 is 1.77 bits per heavy atom. The van der Waals surface area contributed by atoms with Crippen LogP contribution in [0.2, 0.25) is 5.02 Å². The van der Waals surface area contributed by atoms with E-state index in [1.807, 2.05) is 42.5 Å². The number of amides is 1. The van der Waals surface area contributed by atoms with Gasteiger partial charge in [-0.3, -0.25) is 9.59 Å². The number of carbonyl (C=O) groups is 2. The highest BCUT2D eigenvalue weighted by Gasteiger charge is 2.27. The summed E-state index contributed by atoms with van der Waals surface area (Å²) in [6, 6.07) is 20.1. The molecule has 0 saturated heterocycles. The number of benzene rings is 3. The number of ether oxygens (including phenoxy) is 1. The Hall–Kier alpha value is -3.59. The van der Waals surface area contributed by atoms with Gasteiger partial charge >= 0.3 is 5.97 Å². The van der Waals surface area contributed by atoms with Crippen LogP contribution in [0.25, 0.3) is 11.6 Å². The molecule has 1 amide bonds. The summed E-state index contributed by atoms with van der Waals surface area (Å²) in [5.74, 6) is -0.0113. The topological polar surface area (TPSA) is 46.6 Å². The minimum absolute atomic E-state index is 0.0946. The van der Waals surface area contributed by atoms with E-state index in [-0.39, 0.29) is 11.9 Å². The van der Waals surface area contributed by atoms with Crippen LogP contribution in [0, 0.1) is 0 Å². The van der Waals surface area contributed by atoms with Crippen molar-refractivity contribution in [3.63, 3.8) is 0 Å². The molecular weight excluding hydrogens is 398 g/mol. The van der Waals surface area contributed by atoms with Gasteiger partial charge in [0, 0.05) is 41.3 Å². The lowest BCUT2D eigenvalue weighted by molar-refractivity contribution is -0.131. The maximum absolute atomic E-state index is 13.0. The molecule has 1 aliphatic rings. The molecule has 0 aromatic heterocycles. The molecule has 5 heteroatoms. The van der Waals surface area contributed by atoms with Crippen LogP contribution in [0.1, 0.15) is 34.0 Å². The first-order valence-electron chi connectivity index (χ1n) is 9.36. The Morgan fingerprint density at radius 1 is 1.00 bits per heavy atom. The third-order valence-electron chi connectivity index (χ3n) is 4.82. The zero-order chi connectivity index (χ0) is 21.3. The fourth-order valence-corrected chi connectivity index (χ4v) is 3.64. The molecule has 30 heavy (non-hydrogen) atoms. The normalized spacial score (nSPS) is 12.4. The zero-order valence-corrected chi connectivity index (χ0v) is 17.2. The van der Waals surface area contributed by atoms with Crippen LogP contribution in [0.5, 0.6) is 5.75 Å². The smallest absolute Gasteiger partial charge is 0.308 e. The van der Waals surface area contributed by atoms with Crippen LogP contribution < -0.4 is 9.64 Å². The molecule has 0 fully saturated rings. The summed E-state index contributed by atoms with van der Waals surface area (Å²) in [7, 11) is 1.75. The average molecular weight is 416 g/mol. The van der Waals surface area contributed by atoms with Gasteiger partial charge in [0.1, 0.15) is 5.75 Å². The highest BCUT2D eigenvalue weighted by Crippen LogP contribution is 2.38. The van der Waals surface area contributed by atoms with Gasteiger partial charge in [-0.25, -0.2) is 0 Å². The minimum atomic E-state index is -0.378. The van der Waals surface area contributed by atoms with Gasteiger partial charge < -0.3 is 9.64 Å². The molecule has 1 heterocycles. The number of hydrogen-bond acceptors (Lipinski definition) is 3. The lowest BCUT2D eigenvalue weighted by Crippen LogP contribution is -2.26. The molecule has 0 aliphatic carbocycles. The molecule has 4 rings (SSSR count). The molecule has 0 atom stereocenters. The summed E-state index contributed by atoms with van der Waals surface area (Å²) in [5.41, 5.74) is 7.87. The van der Waals surface area contributed by atoms with E-state index in [4.69, 9.17) is 16.3 Å². The molecular formula is C25H18ClNO3. The van der Waals surface area contributed by atoms with Crippen molar-refractivity contribution in [2.75, 3.05) is 11.9 Å². The number of esters is 1. The van der Waals surface area contributed by atoms with Gasteiger partial charge in [0.05, 0.1) is 5.69 Å². The molecule has 0 spiro atoms. The third-order valence-corrected chi connectivity index (χ3v) is 5.06. The van der Waals surface area contributed by atoms with Crippen LogP contribution in [-0.2, 0) is 4.79 Å².